The molecule has 5 heteroatoms. The quantitative estimate of drug-likeness (QED) is 0.881. The van der Waals surface area contributed by atoms with Crippen molar-refractivity contribution >= 4 is 16.5 Å². The molecule has 3 heterocycles. The minimum absolute atomic E-state index is 0.611. The Balaban J connectivity index is 1.69. The molecule has 2 atom stereocenters. The van der Waals surface area contributed by atoms with E-state index >= 15 is 0 Å². The summed E-state index contributed by atoms with van der Waals surface area (Å²) in [6.07, 6.45) is 5.93. The van der Waals surface area contributed by atoms with Gasteiger partial charge in [-0.15, -0.1) is 11.3 Å². The van der Waals surface area contributed by atoms with Crippen LogP contribution in [-0.4, -0.2) is 42.6 Å². The molecule has 2 saturated heterocycles. The van der Waals surface area contributed by atoms with Crippen LogP contribution >= 0.6 is 11.3 Å². The van der Waals surface area contributed by atoms with Gasteiger partial charge in [-0.3, -0.25) is 0 Å². The number of anilines is 1. The van der Waals surface area contributed by atoms with E-state index in [1.165, 1.54) is 42.4 Å². The number of fused-ring (bicyclic) bond motifs is 1. The molecule has 0 spiro atoms. The Morgan fingerprint density at radius 1 is 1.44 bits per heavy atom. The molecular weight excluding hydrogens is 244 g/mol. The molecule has 2 fully saturated rings. The maximum Gasteiger partial charge on any atom is 0.185 e. The zero-order valence-electron chi connectivity index (χ0n) is 11.0. The number of aromatic nitrogens is 1. The van der Waals surface area contributed by atoms with Gasteiger partial charge in [0.15, 0.2) is 5.13 Å². The number of likely N-dealkylation sites (tertiary alicyclic amines) is 1. The number of rotatable bonds is 2. The van der Waals surface area contributed by atoms with Gasteiger partial charge < -0.3 is 15.5 Å². The minimum atomic E-state index is 0.611. The summed E-state index contributed by atoms with van der Waals surface area (Å²) in [7, 11) is 2.28. The number of hydrogen-bond donors (Lipinski definition) is 1. The molecule has 0 bridgehead atoms. The average molecular weight is 266 g/mol. The van der Waals surface area contributed by atoms with Gasteiger partial charge in [0.1, 0.15) is 0 Å². The van der Waals surface area contributed by atoms with E-state index in [1.807, 2.05) is 6.20 Å². The Labute approximate surface area is 113 Å². The smallest absolute Gasteiger partial charge is 0.185 e. The SMILES string of the molecule is CN1CCCC2CN(c3ncc(CN)s3)CCC21. The number of hydrogen-bond acceptors (Lipinski definition) is 5. The van der Waals surface area contributed by atoms with E-state index in [9.17, 15) is 0 Å². The van der Waals surface area contributed by atoms with Gasteiger partial charge in [-0.1, -0.05) is 0 Å². The highest BCUT2D eigenvalue weighted by Gasteiger charge is 2.34. The Hall–Kier alpha value is -0.650. The van der Waals surface area contributed by atoms with Crippen LogP contribution < -0.4 is 10.6 Å². The summed E-state index contributed by atoms with van der Waals surface area (Å²) in [6.45, 7) is 4.20. The summed E-state index contributed by atoms with van der Waals surface area (Å²) in [6, 6.07) is 0.795. The first-order valence-corrected chi connectivity index (χ1v) is 7.69. The second kappa shape index (κ2) is 5.15. The van der Waals surface area contributed by atoms with E-state index in [4.69, 9.17) is 5.73 Å². The second-order valence-corrected chi connectivity index (χ2v) is 6.59. The van der Waals surface area contributed by atoms with Gasteiger partial charge in [0.2, 0.25) is 0 Å². The molecule has 2 aliphatic rings. The van der Waals surface area contributed by atoms with Crippen LogP contribution in [0.2, 0.25) is 0 Å². The molecule has 2 N–H and O–H groups in total. The van der Waals surface area contributed by atoms with E-state index in [0.717, 1.165) is 18.5 Å². The number of thiazole rings is 1. The van der Waals surface area contributed by atoms with Gasteiger partial charge in [0.05, 0.1) is 0 Å². The molecule has 1 aromatic heterocycles. The van der Waals surface area contributed by atoms with Crippen molar-refractivity contribution in [3.63, 3.8) is 0 Å². The van der Waals surface area contributed by atoms with Gasteiger partial charge in [-0.05, 0) is 38.8 Å². The highest BCUT2D eigenvalue weighted by Crippen LogP contribution is 2.33. The highest BCUT2D eigenvalue weighted by atomic mass is 32.1. The molecule has 0 aliphatic carbocycles. The van der Waals surface area contributed by atoms with E-state index in [1.54, 1.807) is 11.3 Å². The van der Waals surface area contributed by atoms with Crippen molar-refractivity contribution in [2.75, 3.05) is 31.6 Å². The fraction of sp³-hybridized carbons (Fsp3) is 0.769. The van der Waals surface area contributed by atoms with Gasteiger partial charge >= 0.3 is 0 Å². The fourth-order valence-corrected chi connectivity index (χ4v) is 4.19. The van der Waals surface area contributed by atoms with Gasteiger partial charge in [0.25, 0.3) is 0 Å². The predicted molar refractivity (Wildman–Crippen MR) is 76.0 cm³/mol. The summed E-state index contributed by atoms with van der Waals surface area (Å²) in [5.74, 6) is 0.822. The van der Waals surface area contributed by atoms with Crippen LogP contribution in [0.1, 0.15) is 24.1 Å². The van der Waals surface area contributed by atoms with Crippen molar-refractivity contribution in [3.05, 3.63) is 11.1 Å². The van der Waals surface area contributed by atoms with Crippen LogP contribution in [0.25, 0.3) is 0 Å². The third-order valence-electron chi connectivity index (χ3n) is 4.36. The Morgan fingerprint density at radius 2 is 2.33 bits per heavy atom. The van der Waals surface area contributed by atoms with Crippen molar-refractivity contribution in [2.24, 2.45) is 11.7 Å². The predicted octanol–water partition coefficient (Wildman–Crippen LogP) is 1.52. The van der Waals surface area contributed by atoms with Crippen LogP contribution in [0.3, 0.4) is 0 Å². The minimum Gasteiger partial charge on any atom is -0.348 e. The Kier molecular flexibility index (Phi) is 3.54. The first kappa shape index (κ1) is 12.4. The molecule has 2 unspecified atom stereocenters. The topological polar surface area (TPSA) is 45.4 Å². The van der Waals surface area contributed by atoms with Crippen molar-refractivity contribution in [3.8, 4) is 0 Å². The molecule has 0 aromatic carbocycles. The van der Waals surface area contributed by atoms with Crippen molar-refractivity contribution in [1.82, 2.24) is 9.88 Å². The third kappa shape index (κ3) is 2.27. The summed E-state index contributed by atoms with van der Waals surface area (Å²) >= 11 is 1.76. The monoisotopic (exact) mass is 266 g/mol. The normalized spacial score (nSPS) is 29.3. The van der Waals surface area contributed by atoms with Crippen LogP contribution in [-0.2, 0) is 6.54 Å². The zero-order chi connectivity index (χ0) is 12.5. The molecule has 0 radical (unpaired) electrons. The van der Waals surface area contributed by atoms with Crippen LogP contribution in [0, 0.1) is 5.92 Å². The van der Waals surface area contributed by atoms with Crippen molar-refractivity contribution in [2.45, 2.75) is 31.8 Å². The highest BCUT2D eigenvalue weighted by molar-refractivity contribution is 7.15. The standard InChI is InChI=1S/C13H22N4S/c1-16-5-2-3-10-9-17(6-4-12(10)16)13-15-8-11(7-14)18-13/h8,10,12H,2-7,9,14H2,1H3. The van der Waals surface area contributed by atoms with Crippen LogP contribution in [0.5, 0.6) is 0 Å². The molecule has 18 heavy (non-hydrogen) atoms. The van der Waals surface area contributed by atoms with Gasteiger partial charge in [-0.2, -0.15) is 0 Å². The summed E-state index contributed by atoms with van der Waals surface area (Å²) in [5.41, 5.74) is 5.66. The van der Waals surface area contributed by atoms with Gasteiger partial charge in [0, 0.05) is 36.8 Å². The maximum absolute atomic E-state index is 5.66. The van der Waals surface area contributed by atoms with E-state index in [-0.39, 0.29) is 0 Å². The molecule has 0 amide bonds. The van der Waals surface area contributed by atoms with Crippen LogP contribution in [0.4, 0.5) is 5.13 Å². The Bertz CT molecular complexity index is 405. The summed E-state index contributed by atoms with van der Waals surface area (Å²) in [5, 5.41) is 1.17. The lowest BCUT2D eigenvalue weighted by molar-refractivity contribution is 0.102. The van der Waals surface area contributed by atoms with Crippen molar-refractivity contribution < 1.29 is 0 Å². The lowest BCUT2D eigenvalue weighted by Crippen LogP contribution is -2.52. The zero-order valence-corrected chi connectivity index (χ0v) is 11.8. The van der Waals surface area contributed by atoms with E-state index in [0.29, 0.717) is 6.54 Å². The first-order chi connectivity index (χ1) is 8.78. The second-order valence-electron chi connectivity index (χ2n) is 5.50. The first-order valence-electron chi connectivity index (χ1n) is 6.88. The third-order valence-corrected chi connectivity index (χ3v) is 5.44. The molecule has 100 valence electrons. The van der Waals surface area contributed by atoms with Gasteiger partial charge in [-0.25, -0.2) is 4.98 Å². The number of nitrogens with two attached hydrogens (primary N) is 1. The lowest BCUT2D eigenvalue weighted by Gasteiger charge is -2.45. The van der Waals surface area contributed by atoms with E-state index < -0.39 is 0 Å². The molecule has 1 aromatic rings. The Morgan fingerprint density at radius 3 is 3.11 bits per heavy atom. The van der Waals surface area contributed by atoms with Crippen LogP contribution in [0.15, 0.2) is 6.20 Å². The summed E-state index contributed by atoms with van der Waals surface area (Å²) < 4.78 is 0. The maximum atomic E-state index is 5.66. The molecule has 0 saturated carbocycles. The molecule has 4 nitrogen and oxygen atoms in total. The fourth-order valence-electron chi connectivity index (χ4n) is 3.36. The lowest BCUT2D eigenvalue weighted by atomic mass is 9.84. The molecular formula is C13H22N4S. The number of piperidine rings is 2. The van der Waals surface area contributed by atoms with E-state index in [2.05, 4.69) is 21.8 Å². The number of nitrogens with zero attached hydrogens (tertiary/aromatic N) is 3. The molecule has 2 aliphatic heterocycles. The summed E-state index contributed by atoms with van der Waals surface area (Å²) in [4.78, 5) is 10.7. The van der Waals surface area contributed by atoms with Crippen molar-refractivity contribution in [1.29, 1.82) is 0 Å². The largest absolute Gasteiger partial charge is 0.348 e. The molecule has 3 rings (SSSR count). The average Bonchev–Trinajstić information content (AvgIpc) is 2.87.